The van der Waals surface area contributed by atoms with Crippen molar-refractivity contribution in [1.29, 1.82) is 0 Å². The van der Waals surface area contributed by atoms with Crippen LogP contribution in [0.1, 0.15) is 5.56 Å². The van der Waals surface area contributed by atoms with Crippen molar-refractivity contribution in [3.05, 3.63) is 116 Å². The molecule has 0 radical (unpaired) electrons. The molecule has 0 spiro atoms. The third kappa shape index (κ3) is 3.54. The van der Waals surface area contributed by atoms with Crippen LogP contribution < -0.4 is 11.1 Å². The molecule has 0 saturated heterocycles. The molecule has 164 valence electrons. The highest BCUT2D eigenvalue weighted by Crippen LogP contribution is 2.31. The SMILES string of the molecule is O=c1c2c(-c3c(F)cccc3F)n(Cc3ccncc3)c(=O)cc2[nH]n1-c1ccccc1Cl. The normalized spacial score (nSPS) is 11.2. The summed E-state index contributed by atoms with van der Waals surface area (Å²) in [5.41, 5.74) is -0.606. The molecule has 1 N–H and O–H groups in total. The lowest BCUT2D eigenvalue weighted by Gasteiger charge is -2.15. The molecule has 6 nitrogen and oxygen atoms in total. The number of benzene rings is 2. The quantitative estimate of drug-likeness (QED) is 0.425. The number of hydrogen-bond acceptors (Lipinski definition) is 3. The number of fused-ring (bicyclic) bond motifs is 1. The largest absolute Gasteiger partial charge is 0.303 e. The molecule has 3 heterocycles. The highest BCUT2D eigenvalue weighted by Gasteiger charge is 2.24. The van der Waals surface area contributed by atoms with Crippen LogP contribution in [0.2, 0.25) is 5.02 Å². The van der Waals surface area contributed by atoms with Gasteiger partial charge in [0, 0.05) is 18.5 Å². The van der Waals surface area contributed by atoms with Crippen LogP contribution in [0.5, 0.6) is 0 Å². The van der Waals surface area contributed by atoms with Crippen molar-refractivity contribution in [1.82, 2.24) is 19.3 Å². The first-order valence-corrected chi connectivity index (χ1v) is 10.3. The number of aromatic nitrogens is 4. The minimum atomic E-state index is -0.893. The van der Waals surface area contributed by atoms with E-state index in [0.29, 0.717) is 11.3 Å². The predicted octanol–water partition coefficient (Wildman–Crippen LogP) is 4.52. The lowest BCUT2D eigenvalue weighted by Crippen LogP contribution is -2.24. The summed E-state index contributed by atoms with van der Waals surface area (Å²) in [5.74, 6) is -1.79. The lowest BCUT2D eigenvalue weighted by molar-refractivity contribution is 0.585. The Hall–Kier alpha value is -4.04. The smallest absolute Gasteiger partial charge is 0.281 e. The summed E-state index contributed by atoms with van der Waals surface area (Å²) in [6, 6.07) is 14.6. The van der Waals surface area contributed by atoms with E-state index in [1.165, 1.54) is 16.7 Å². The number of nitrogens with one attached hydrogen (secondary N) is 1. The molecule has 0 fully saturated rings. The van der Waals surface area contributed by atoms with Crippen LogP contribution in [0.25, 0.3) is 27.8 Å². The minimum absolute atomic E-state index is 0.0168. The molecule has 0 saturated carbocycles. The Morgan fingerprint density at radius 1 is 0.939 bits per heavy atom. The van der Waals surface area contributed by atoms with Crippen molar-refractivity contribution >= 4 is 22.5 Å². The zero-order chi connectivity index (χ0) is 23.1. The number of halogens is 3. The molecule has 0 amide bonds. The molecule has 9 heteroatoms. The van der Waals surface area contributed by atoms with Crippen LogP contribution in [0.4, 0.5) is 8.78 Å². The van der Waals surface area contributed by atoms with Crippen molar-refractivity contribution in [2.45, 2.75) is 6.54 Å². The van der Waals surface area contributed by atoms with E-state index in [9.17, 15) is 18.4 Å². The van der Waals surface area contributed by atoms with E-state index >= 15 is 0 Å². The Labute approximate surface area is 190 Å². The fourth-order valence-corrected chi connectivity index (χ4v) is 4.07. The summed E-state index contributed by atoms with van der Waals surface area (Å²) in [7, 11) is 0. The second-order valence-corrected chi connectivity index (χ2v) is 7.77. The molecule has 0 unspecified atom stereocenters. The van der Waals surface area contributed by atoms with Gasteiger partial charge in [-0.05, 0) is 42.0 Å². The van der Waals surface area contributed by atoms with Gasteiger partial charge in [-0.3, -0.25) is 19.7 Å². The van der Waals surface area contributed by atoms with Gasteiger partial charge >= 0.3 is 0 Å². The molecule has 0 bridgehead atoms. The molecule has 0 atom stereocenters. The maximum Gasteiger partial charge on any atom is 0.281 e. The summed E-state index contributed by atoms with van der Waals surface area (Å²) in [4.78, 5) is 30.6. The van der Waals surface area contributed by atoms with E-state index in [4.69, 9.17) is 11.6 Å². The van der Waals surface area contributed by atoms with Gasteiger partial charge in [0.2, 0.25) is 0 Å². The van der Waals surface area contributed by atoms with Gasteiger partial charge in [-0.25, -0.2) is 13.5 Å². The lowest BCUT2D eigenvalue weighted by atomic mass is 10.0. The van der Waals surface area contributed by atoms with Crippen LogP contribution in [0.3, 0.4) is 0 Å². The first-order valence-electron chi connectivity index (χ1n) is 9.92. The fraction of sp³-hybridized carbons (Fsp3) is 0.0417. The van der Waals surface area contributed by atoms with Gasteiger partial charge in [-0.15, -0.1) is 0 Å². The molecule has 2 aromatic carbocycles. The monoisotopic (exact) mass is 464 g/mol. The minimum Gasteiger partial charge on any atom is -0.303 e. The Bertz CT molecular complexity index is 1600. The number of rotatable bonds is 4. The summed E-state index contributed by atoms with van der Waals surface area (Å²) in [6.07, 6.45) is 3.09. The Balaban J connectivity index is 1.90. The first kappa shape index (κ1) is 20.8. The van der Waals surface area contributed by atoms with E-state index in [1.807, 2.05) is 0 Å². The molecule has 0 aliphatic heterocycles. The van der Waals surface area contributed by atoms with Crippen LogP contribution in [-0.2, 0) is 6.54 Å². The second-order valence-electron chi connectivity index (χ2n) is 7.36. The Kier molecular flexibility index (Phi) is 5.14. The number of pyridine rings is 2. The van der Waals surface area contributed by atoms with Crippen molar-refractivity contribution in [3.8, 4) is 16.9 Å². The van der Waals surface area contributed by atoms with E-state index in [-0.39, 0.29) is 28.2 Å². The van der Waals surface area contributed by atoms with Crippen molar-refractivity contribution in [2.24, 2.45) is 0 Å². The second kappa shape index (κ2) is 8.14. The van der Waals surface area contributed by atoms with Gasteiger partial charge in [-0.1, -0.05) is 29.8 Å². The topological polar surface area (TPSA) is 72.7 Å². The van der Waals surface area contributed by atoms with Crippen LogP contribution >= 0.6 is 11.6 Å². The van der Waals surface area contributed by atoms with Crippen LogP contribution in [0, 0.1) is 11.6 Å². The van der Waals surface area contributed by atoms with Gasteiger partial charge in [-0.2, -0.15) is 0 Å². The molecule has 0 aliphatic carbocycles. The maximum atomic E-state index is 14.9. The molecule has 3 aromatic heterocycles. The number of hydrogen-bond donors (Lipinski definition) is 1. The van der Waals surface area contributed by atoms with E-state index in [2.05, 4.69) is 10.1 Å². The summed E-state index contributed by atoms with van der Waals surface area (Å²) in [5, 5.41) is 3.11. The van der Waals surface area contributed by atoms with Gasteiger partial charge in [0.05, 0.1) is 39.4 Å². The fourth-order valence-electron chi connectivity index (χ4n) is 3.85. The van der Waals surface area contributed by atoms with Crippen molar-refractivity contribution in [2.75, 3.05) is 0 Å². The van der Waals surface area contributed by atoms with Crippen molar-refractivity contribution < 1.29 is 8.78 Å². The van der Waals surface area contributed by atoms with Gasteiger partial charge in [0.25, 0.3) is 11.1 Å². The van der Waals surface area contributed by atoms with Crippen LogP contribution in [-0.4, -0.2) is 19.3 Å². The third-order valence-corrected chi connectivity index (χ3v) is 5.66. The van der Waals surface area contributed by atoms with Crippen LogP contribution in [0.15, 0.2) is 82.6 Å². The zero-order valence-electron chi connectivity index (χ0n) is 16.9. The van der Waals surface area contributed by atoms with E-state index in [0.717, 1.165) is 16.8 Å². The molecule has 33 heavy (non-hydrogen) atoms. The van der Waals surface area contributed by atoms with E-state index < -0.39 is 28.3 Å². The first-order chi connectivity index (χ1) is 16.0. The van der Waals surface area contributed by atoms with Crippen molar-refractivity contribution in [3.63, 3.8) is 0 Å². The molecule has 0 aliphatic rings. The summed E-state index contributed by atoms with van der Waals surface area (Å²) < 4.78 is 32.2. The summed E-state index contributed by atoms with van der Waals surface area (Å²) in [6.45, 7) is -0.0168. The number of para-hydroxylation sites is 1. The predicted molar refractivity (Wildman–Crippen MR) is 122 cm³/mol. The third-order valence-electron chi connectivity index (χ3n) is 5.34. The Morgan fingerprint density at radius 3 is 2.33 bits per heavy atom. The van der Waals surface area contributed by atoms with E-state index in [1.54, 1.807) is 48.8 Å². The van der Waals surface area contributed by atoms with Gasteiger partial charge < -0.3 is 4.57 Å². The number of H-pyrrole nitrogens is 1. The summed E-state index contributed by atoms with van der Waals surface area (Å²) >= 11 is 6.26. The molecular weight excluding hydrogens is 450 g/mol. The average molecular weight is 465 g/mol. The molecule has 5 rings (SSSR count). The number of nitrogens with zero attached hydrogens (tertiary/aromatic N) is 3. The highest BCUT2D eigenvalue weighted by molar-refractivity contribution is 6.32. The average Bonchev–Trinajstić information content (AvgIpc) is 3.12. The van der Waals surface area contributed by atoms with Gasteiger partial charge in [0.15, 0.2) is 0 Å². The molecular formula is C24H15ClF2N4O2. The Morgan fingerprint density at radius 2 is 1.64 bits per heavy atom. The maximum absolute atomic E-state index is 14.9. The standard InChI is InChI=1S/C24H15ClF2N4O2/c25-15-4-1-2-7-19(15)31-24(33)22-18(29-31)12-20(32)30(13-14-8-10-28-11-9-14)23(22)21-16(26)5-3-6-17(21)27/h1-12,29H,13H2. The number of aromatic amines is 1. The van der Waals surface area contributed by atoms with Gasteiger partial charge in [0.1, 0.15) is 11.6 Å². The highest BCUT2D eigenvalue weighted by atomic mass is 35.5. The zero-order valence-corrected chi connectivity index (χ0v) is 17.7. The molecule has 5 aromatic rings.